The van der Waals surface area contributed by atoms with Gasteiger partial charge in [-0.1, -0.05) is 45.4 Å². The lowest BCUT2D eigenvalue weighted by molar-refractivity contribution is -0.137. The lowest BCUT2D eigenvalue weighted by Gasteiger charge is -2.36. The molecular formula is C32H39F3N2O3. The van der Waals surface area contributed by atoms with Crippen LogP contribution in [0.4, 0.5) is 23.7 Å². The number of alkyl halides is 3. The number of aryl methyl sites for hydroxylation is 1. The number of allylic oxidation sites excluding steroid dienone is 1. The van der Waals surface area contributed by atoms with Crippen molar-refractivity contribution < 1.29 is 27.5 Å². The average Bonchev–Trinajstić information content (AvgIpc) is 3.11. The number of ether oxygens (including phenoxy) is 1. The van der Waals surface area contributed by atoms with Crippen LogP contribution >= 0.6 is 0 Å². The zero-order valence-corrected chi connectivity index (χ0v) is 24.3. The van der Waals surface area contributed by atoms with E-state index in [9.17, 15) is 22.8 Å². The fourth-order valence-corrected chi connectivity index (χ4v) is 5.86. The summed E-state index contributed by atoms with van der Waals surface area (Å²) >= 11 is 0. The molecule has 8 heteroatoms. The molecule has 4 rings (SSSR count). The zero-order chi connectivity index (χ0) is 29.6. The molecule has 40 heavy (non-hydrogen) atoms. The molecule has 0 unspecified atom stereocenters. The molecule has 0 bridgehead atoms. The van der Waals surface area contributed by atoms with Crippen molar-refractivity contribution in [2.75, 3.05) is 11.9 Å². The molecule has 1 heterocycles. The Labute approximate surface area is 234 Å². The highest BCUT2D eigenvalue weighted by Crippen LogP contribution is 2.46. The number of hydrogen-bond donors (Lipinski definition) is 1. The second-order valence-corrected chi connectivity index (χ2v) is 12.4. The first kappa shape index (κ1) is 29.7. The smallest absolute Gasteiger partial charge is 0.416 e. The Morgan fingerprint density at radius 3 is 2.50 bits per heavy atom. The van der Waals surface area contributed by atoms with Crippen LogP contribution in [-0.2, 0) is 15.7 Å². The minimum Gasteiger partial charge on any atom is -0.439 e. The van der Waals surface area contributed by atoms with E-state index in [0.29, 0.717) is 23.6 Å². The maximum Gasteiger partial charge on any atom is 0.416 e. The minimum absolute atomic E-state index is 0.00702. The molecule has 1 N–H and O–H groups in total. The van der Waals surface area contributed by atoms with Crippen LogP contribution in [-0.4, -0.2) is 29.5 Å². The SMILES string of the molecule is CC(=O)Nc1ccc(C(C)C)cc1C1=C(CN2C(=O)O[C@H](c3cc(C)cc(C(F)(F)F)c3)[C@@H]2C)CC(C)(C)CC1. The molecule has 2 amide bonds. The number of cyclic esters (lactones) is 1. The van der Waals surface area contributed by atoms with Gasteiger partial charge in [0.25, 0.3) is 0 Å². The van der Waals surface area contributed by atoms with Gasteiger partial charge in [0.1, 0.15) is 6.10 Å². The monoisotopic (exact) mass is 556 g/mol. The summed E-state index contributed by atoms with van der Waals surface area (Å²) in [5, 5.41) is 2.97. The molecule has 2 aromatic carbocycles. The third-order valence-corrected chi connectivity index (χ3v) is 8.03. The molecule has 1 aliphatic heterocycles. The van der Waals surface area contributed by atoms with Gasteiger partial charge in [0.05, 0.1) is 11.6 Å². The van der Waals surface area contributed by atoms with Crippen LogP contribution in [0, 0.1) is 12.3 Å². The standard InChI is InChI=1S/C32H39F3N2O3/c1-18(2)22-8-9-28(36-21(5)38)27(15-22)26-10-11-31(6,7)16-24(26)17-37-20(4)29(40-30(37)39)23-12-19(3)13-25(14-23)32(33,34)35/h8-9,12-15,18,20,29H,10-11,16-17H2,1-7H3,(H,36,38)/t20-,29-/m0/s1. The number of carbonyl (C=O) groups is 2. The molecule has 2 atom stereocenters. The van der Waals surface area contributed by atoms with Gasteiger partial charge in [-0.3, -0.25) is 9.69 Å². The van der Waals surface area contributed by atoms with Crippen molar-refractivity contribution in [3.63, 3.8) is 0 Å². The van der Waals surface area contributed by atoms with Crippen LogP contribution in [0.2, 0.25) is 0 Å². The Balaban J connectivity index is 1.74. The lowest BCUT2D eigenvalue weighted by Crippen LogP contribution is -2.35. The van der Waals surface area contributed by atoms with Gasteiger partial charge in [0.15, 0.2) is 0 Å². The van der Waals surface area contributed by atoms with Crippen molar-refractivity contribution in [1.82, 2.24) is 4.90 Å². The molecule has 1 aliphatic carbocycles. The number of carbonyl (C=O) groups excluding carboxylic acids is 2. The Morgan fingerprint density at radius 1 is 1.18 bits per heavy atom. The molecular weight excluding hydrogens is 517 g/mol. The quantitative estimate of drug-likeness (QED) is 0.387. The molecule has 2 aromatic rings. The first-order valence-electron chi connectivity index (χ1n) is 13.8. The van der Waals surface area contributed by atoms with E-state index in [4.69, 9.17) is 4.74 Å². The number of halogens is 3. The molecule has 5 nitrogen and oxygen atoms in total. The fraction of sp³-hybridized carbons (Fsp3) is 0.500. The van der Waals surface area contributed by atoms with Crippen LogP contribution in [0.1, 0.15) is 101 Å². The Kier molecular flexibility index (Phi) is 8.12. The van der Waals surface area contributed by atoms with Gasteiger partial charge >= 0.3 is 12.3 Å². The highest BCUT2D eigenvalue weighted by molar-refractivity contribution is 5.93. The first-order valence-corrected chi connectivity index (χ1v) is 13.8. The van der Waals surface area contributed by atoms with Gasteiger partial charge in [0.2, 0.25) is 5.91 Å². The van der Waals surface area contributed by atoms with E-state index in [1.165, 1.54) is 6.92 Å². The predicted octanol–water partition coefficient (Wildman–Crippen LogP) is 8.64. The maximum atomic E-state index is 13.5. The lowest BCUT2D eigenvalue weighted by atomic mass is 9.72. The van der Waals surface area contributed by atoms with Crippen molar-refractivity contribution in [2.24, 2.45) is 5.41 Å². The van der Waals surface area contributed by atoms with Crippen molar-refractivity contribution >= 4 is 23.3 Å². The Bertz CT molecular complexity index is 1340. The van der Waals surface area contributed by atoms with Gasteiger partial charge in [-0.25, -0.2) is 4.79 Å². The topological polar surface area (TPSA) is 58.6 Å². The van der Waals surface area contributed by atoms with Gasteiger partial charge in [-0.2, -0.15) is 13.2 Å². The molecule has 2 aliphatic rings. The summed E-state index contributed by atoms with van der Waals surface area (Å²) in [6, 6.07) is 9.45. The van der Waals surface area contributed by atoms with E-state index in [1.54, 1.807) is 17.9 Å². The number of nitrogens with one attached hydrogen (secondary N) is 1. The summed E-state index contributed by atoms with van der Waals surface area (Å²) in [5.41, 5.74) is 5.07. The van der Waals surface area contributed by atoms with Crippen LogP contribution in [0.25, 0.3) is 5.57 Å². The van der Waals surface area contributed by atoms with Crippen molar-refractivity contribution in [1.29, 1.82) is 0 Å². The first-order chi connectivity index (χ1) is 18.6. The number of benzene rings is 2. The van der Waals surface area contributed by atoms with Crippen molar-refractivity contribution in [3.05, 3.63) is 69.8 Å². The minimum atomic E-state index is -4.49. The maximum absolute atomic E-state index is 13.5. The summed E-state index contributed by atoms with van der Waals surface area (Å²) in [4.78, 5) is 26.8. The van der Waals surface area contributed by atoms with Gasteiger partial charge in [-0.05, 0) is 91.0 Å². The van der Waals surface area contributed by atoms with Gasteiger partial charge in [0, 0.05) is 24.7 Å². The van der Waals surface area contributed by atoms with Gasteiger partial charge < -0.3 is 10.1 Å². The van der Waals surface area contributed by atoms with Crippen molar-refractivity contribution in [3.8, 4) is 0 Å². The van der Waals surface area contributed by atoms with E-state index < -0.39 is 30.0 Å². The fourth-order valence-electron chi connectivity index (χ4n) is 5.86. The number of nitrogens with zero attached hydrogens (tertiary/aromatic N) is 1. The number of anilines is 1. The van der Waals surface area contributed by atoms with E-state index in [-0.39, 0.29) is 11.3 Å². The summed E-state index contributed by atoms with van der Waals surface area (Å²) < 4.78 is 46.2. The van der Waals surface area contributed by atoms with Crippen LogP contribution < -0.4 is 5.32 Å². The molecule has 216 valence electrons. The Morgan fingerprint density at radius 2 is 1.88 bits per heavy atom. The summed E-state index contributed by atoms with van der Waals surface area (Å²) in [7, 11) is 0. The highest BCUT2D eigenvalue weighted by Gasteiger charge is 2.42. The zero-order valence-electron chi connectivity index (χ0n) is 24.3. The normalized spacial score (nSPS) is 21.2. The number of amides is 2. The highest BCUT2D eigenvalue weighted by atomic mass is 19.4. The summed E-state index contributed by atoms with van der Waals surface area (Å²) in [6.07, 6.45) is -3.37. The van der Waals surface area contributed by atoms with Gasteiger partial charge in [-0.15, -0.1) is 0 Å². The van der Waals surface area contributed by atoms with E-state index in [1.807, 2.05) is 19.1 Å². The molecule has 0 saturated carbocycles. The molecule has 0 radical (unpaired) electrons. The molecule has 1 saturated heterocycles. The summed E-state index contributed by atoms with van der Waals surface area (Å²) in [6.45, 7) is 13.8. The third kappa shape index (κ3) is 6.37. The Hall–Kier alpha value is -3.29. The van der Waals surface area contributed by atoms with E-state index in [2.05, 4.69) is 39.1 Å². The number of hydrogen-bond acceptors (Lipinski definition) is 3. The molecule has 0 spiro atoms. The van der Waals surface area contributed by atoms with Crippen LogP contribution in [0.3, 0.4) is 0 Å². The largest absolute Gasteiger partial charge is 0.439 e. The molecule has 0 aromatic heterocycles. The second-order valence-electron chi connectivity index (χ2n) is 12.4. The van der Waals surface area contributed by atoms with Crippen LogP contribution in [0.5, 0.6) is 0 Å². The number of rotatable bonds is 6. The van der Waals surface area contributed by atoms with Crippen molar-refractivity contribution in [2.45, 2.75) is 92.0 Å². The third-order valence-electron chi connectivity index (χ3n) is 8.03. The van der Waals surface area contributed by atoms with E-state index in [0.717, 1.165) is 59.4 Å². The van der Waals surface area contributed by atoms with E-state index >= 15 is 0 Å². The molecule has 1 fully saturated rings. The van der Waals surface area contributed by atoms with Crippen LogP contribution in [0.15, 0.2) is 42.0 Å². The second kappa shape index (κ2) is 10.9. The summed E-state index contributed by atoms with van der Waals surface area (Å²) in [5.74, 6) is 0.132. The average molecular weight is 557 g/mol. The predicted molar refractivity (Wildman–Crippen MR) is 151 cm³/mol.